The third-order valence-electron chi connectivity index (χ3n) is 3.07. The summed E-state index contributed by atoms with van der Waals surface area (Å²) in [4.78, 5) is 3.83. The van der Waals surface area contributed by atoms with Crippen molar-refractivity contribution in [2.45, 2.75) is 19.4 Å². The van der Waals surface area contributed by atoms with E-state index in [2.05, 4.69) is 16.0 Å². The largest absolute Gasteiger partial charge is 0.252 e. The number of rotatable bonds is 4. The first-order chi connectivity index (χ1) is 9.11. The molecule has 0 bridgehead atoms. The van der Waals surface area contributed by atoms with E-state index in [9.17, 15) is 8.78 Å². The highest BCUT2D eigenvalue weighted by Gasteiger charge is 2.22. The second-order valence-corrected chi connectivity index (χ2v) is 4.35. The van der Waals surface area contributed by atoms with Crippen molar-refractivity contribution in [3.8, 4) is 12.3 Å². The van der Waals surface area contributed by atoms with Gasteiger partial charge in [-0.3, -0.25) is 4.68 Å². The van der Waals surface area contributed by atoms with Gasteiger partial charge in [0.2, 0.25) is 0 Å². The van der Waals surface area contributed by atoms with Crippen LogP contribution in [0.5, 0.6) is 0 Å². The van der Waals surface area contributed by atoms with Crippen LogP contribution in [0.15, 0.2) is 30.9 Å². The van der Waals surface area contributed by atoms with E-state index in [0.29, 0.717) is 6.54 Å². The minimum Gasteiger partial charge on any atom is -0.252 e. The standard InChI is InChI=1S/C14H13F2N3/c1-3-10(2)13(7-19-9-17-8-18-19)12-6-11(15)4-5-14(12)16/h1,4-6,8-10,13H,7H2,2H3. The Labute approximate surface area is 110 Å². The van der Waals surface area contributed by atoms with Crippen molar-refractivity contribution in [3.63, 3.8) is 0 Å². The maximum atomic E-state index is 13.9. The molecule has 0 N–H and O–H groups in total. The number of aromatic nitrogens is 3. The smallest absolute Gasteiger partial charge is 0.137 e. The predicted octanol–water partition coefficient (Wildman–Crippen LogP) is 2.61. The van der Waals surface area contributed by atoms with Gasteiger partial charge >= 0.3 is 0 Å². The van der Waals surface area contributed by atoms with Crippen LogP contribution in [0.4, 0.5) is 8.78 Å². The molecule has 98 valence electrons. The van der Waals surface area contributed by atoms with Crippen molar-refractivity contribution in [2.24, 2.45) is 5.92 Å². The molecule has 1 aromatic carbocycles. The fourth-order valence-corrected chi connectivity index (χ4v) is 1.97. The zero-order chi connectivity index (χ0) is 13.8. The van der Waals surface area contributed by atoms with Crippen molar-refractivity contribution < 1.29 is 8.78 Å². The topological polar surface area (TPSA) is 30.7 Å². The summed E-state index contributed by atoms with van der Waals surface area (Å²) in [5, 5.41) is 3.97. The molecular weight excluding hydrogens is 248 g/mol. The Kier molecular flexibility index (Phi) is 3.91. The van der Waals surface area contributed by atoms with Gasteiger partial charge in [0.1, 0.15) is 24.3 Å². The minimum atomic E-state index is -0.482. The Bertz CT molecular complexity index is 587. The van der Waals surface area contributed by atoms with E-state index in [0.717, 1.165) is 12.1 Å². The van der Waals surface area contributed by atoms with Crippen LogP contribution in [-0.2, 0) is 6.54 Å². The van der Waals surface area contributed by atoms with Crippen molar-refractivity contribution in [1.29, 1.82) is 0 Å². The lowest BCUT2D eigenvalue weighted by molar-refractivity contribution is 0.432. The lowest BCUT2D eigenvalue weighted by Gasteiger charge is -2.21. The van der Waals surface area contributed by atoms with Gasteiger partial charge < -0.3 is 0 Å². The third kappa shape index (κ3) is 2.97. The Morgan fingerprint density at radius 2 is 2.21 bits per heavy atom. The second kappa shape index (κ2) is 5.61. The van der Waals surface area contributed by atoms with E-state index in [4.69, 9.17) is 6.42 Å². The van der Waals surface area contributed by atoms with Gasteiger partial charge in [-0.25, -0.2) is 13.8 Å². The molecule has 0 aliphatic carbocycles. The highest BCUT2D eigenvalue weighted by molar-refractivity contribution is 5.25. The number of halogens is 2. The molecule has 0 saturated heterocycles. The van der Waals surface area contributed by atoms with E-state index in [-0.39, 0.29) is 17.4 Å². The van der Waals surface area contributed by atoms with Gasteiger partial charge in [0.15, 0.2) is 0 Å². The zero-order valence-electron chi connectivity index (χ0n) is 10.4. The van der Waals surface area contributed by atoms with Gasteiger partial charge in [0, 0.05) is 11.8 Å². The average Bonchev–Trinajstić information content (AvgIpc) is 2.91. The number of hydrogen-bond donors (Lipinski definition) is 0. The predicted molar refractivity (Wildman–Crippen MR) is 67.1 cm³/mol. The first kappa shape index (κ1) is 13.2. The molecular formula is C14H13F2N3. The molecule has 1 aromatic heterocycles. The fourth-order valence-electron chi connectivity index (χ4n) is 1.97. The third-order valence-corrected chi connectivity index (χ3v) is 3.07. The van der Waals surface area contributed by atoms with Crippen LogP contribution in [0.25, 0.3) is 0 Å². The first-order valence-corrected chi connectivity index (χ1v) is 5.85. The average molecular weight is 261 g/mol. The maximum absolute atomic E-state index is 13.9. The molecule has 19 heavy (non-hydrogen) atoms. The summed E-state index contributed by atoms with van der Waals surface area (Å²) in [5.74, 6) is 1.02. The van der Waals surface area contributed by atoms with Crippen LogP contribution in [0, 0.1) is 29.9 Å². The molecule has 3 nitrogen and oxygen atoms in total. The van der Waals surface area contributed by atoms with Crippen molar-refractivity contribution in [1.82, 2.24) is 14.8 Å². The van der Waals surface area contributed by atoms with Crippen LogP contribution < -0.4 is 0 Å². The normalized spacial score (nSPS) is 13.8. The summed E-state index contributed by atoms with van der Waals surface area (Å²) in [5.41, 5.74) is 0.265. The van der Waals surface area contributed by atoms with Gasteiger partial charge in [0.05, 0.1) is 6.54 Å². The molecule has 2 atom stereocenters. The number of benzene rings is 1. The highest BCUT2D eigenvalue weighted by atomic mass is 19.1. The van der Waals surface area contributed by atoms with E-state index in [1.165, 1.54) is 18.7 Å². The molecule has 0 fully saturated rings. The van der Waals surface area contributed by atoms with Gasteiger partial charge in [-0.15, -0.1) is 12.3 Å². The molecule has 0 aliphatic heterocycles. The van der Waals surface area contributed by atoms with E-state index in [1.54, 1.807) is 11.6 Å². The second-order valence-electron chi connectivity index (χ2n) is 4.35. The molecule has 5 heteroatoms. The molecule has 2 rings (SSSR count). The molecule has 0 saturated carbocycles. The molecule has 0 radical (unpaired) electrons. The number of hydrogen-bond acceptors (Lipinski definition) is 2. The summed E-state index contributed by atoms with van der Waals surface area (Å²) in [6.07, 6.45) is 8.33. The quantitative estimate of drug-likeness (QED) is 0.792. The van der Waals surface area contributed by atoms with Crippen molar-refractivity contribution in [2.75, 3.05) is 0 Å². The monoisotopic (exact) mass is 261 g/mol. The van der Waals surface area contributed by atoms with Gasteiger partial charge in [-0.1, -0.05) is 6.92 Å². The van der Waals surface area contributed by atoms with Crippen LogP contribution in [0.2, 0.25) is 0 Å². The summed E-state index contributed by atoms with van der Waals surface area (Å²) in [6, 6.07) is 3.39. The summed E-state index contributed by atoms with van der Waals surface area (Å²) in [7, 11) is 0. The Morgan fingerprint density at radius 3 is 2.84 bits per heavy atom. The first-order valence-electron chi connectivity index (χ1n) is 5.85. The molecule has 1 heterocycles. The summed E-state index contributed by atoms with van der Waals surface area (Å²) in [6.45, 7) is 2.15. The van der Waals surface area contributed by atoms with Gasteiger partial charge in [-0.2, -0.15) is 5.10 Å². The van der Waals surface area contributed by atoms with Gasteiger partial charge in [-0.05, 0) is 23.8 Å². The molecule has 0 aliphatic rings. The van der Waals surface area contributed by atoms with E-state index in [1.807, 2.05) is 0 Å². The minimum absolute atomic E-state index is 0.250. The molecule has 2 unspecified atom stereocenters. The van der Waals surface area contributed by atoms with Crippen molar-refractivity contribution in [3.05, 3.63) is 48.1 Å². The number of nitrogens with zero attached hydrogens (tertiary/aromatic N) is 3. The SMILES string of the molecule is C#CC(C)C(Cn1cncn1)c1cc(F)ccc1F. The number of terminal acetylenes is 1. The summed E-state index contributed by atoms with van der Waals surface area (Å²) >= 11 is 0. The zero-order valence-corrected chi connectivity index (χ0v) is 10.4. The van der Waals surface area contributed by atoms with Crippen LogP contribution in [0.1, 0.15) is 18.4 Å². The van der Waals surface area contributed by atoms with E-state index >= 15 is 0 Å². The molecule has 2 aromatic rings. The van der Waals surface area contributed by atoms with Crippen LogP contribution >= 0.6 is 0 Å². The highest BCUT2D eigenvalue weighted by Crippen LogP contribution is 2.28. The Balaban J connectivity index is 2.37. The Morgan fingerprint density at radius 1 is 1.42 bits per heavy atom. The summed E-state index contributed by atoms with van der Waals surface area (Å²) < 4.78 is 28.7. The Hall–Kier alpha value is -2.22. The maximum Gasteiger partial charge on any atom is 0.137 e. The van der Waals surface area contributed by atoms with Crippen molar-refractivity contribution >= 4 is 0 Å². The fraction of sp³-hybridized carbons (Fsp3) is 0.286. The lowest BCUT2D eigenvalue weighted by atomic mass is 9.87. The van der Waals surface area contributed by atoms with Crippen LogP contribution in [0.3, 0.4) is 0 Å². The molecule has 0 spiro atoms. The van der Waals surface area contributed by atoms with Gasteiger partial charge in [0.25, 0.3) is 0 Å². The van der Waals surface area contributed by atoms with Crippen LogP contribution in [-0.4, -0.2) is 14.8 Å². The lowest BCUT2D eigenvalue weighted by Crippen LogP contribution is -2.17. The molecule has 0 amide bonds. The van der Waals surface area contributed by atoms with E-state index < -0.39 is 11.6 Å².